The van der Waals surface area contributed by atoms with Gasteiger partial charge in [-0.15, -0.1) is 0 Å². The number of likely N-dealkylation sites (N-methyl/N-ethyl adjacent to an activating group) is 1. The maximum Gasteiger partial charge on any atom is 0.266 e. The van der Waals surface area contributed by atoms with E-state index in [0.29, 0.717) is 16.6 Å². The van der Waals surface area contributed by atoms with Crippen molar-refractivity contribution in [2.75, 3.05) is 13.7 Å². The number of methoxy groups -OCH3 is 1. The predicted molar refractivity (Wildman–Crippen MR) is 126 cm³/mol. The van der Waals surface area contributed by atoms with E-state index >= 15 is 0 Å². The van der Waals surface area contributed by atoms with E-state index < -0.39 is 0 Å². The number of benzene rings is 3. The smallest absolute Gasteiger partial charge is 0.266 e. The van der Waals surface area contributed by atoms with E-state index in [1.165, 1.54) is 11.8 Å². The van der Waals surface area contributed by atoms with E-state index in [0.717, 1.165) is 38.9 Å². The minimum atomic E-state index is -0.0255. The van der Waals surface area contributed by atoms with Crippen LogP contribution in [0.15, 0.2) is 64.5 Å². The molecule has 30 heavy (non-hydrogen) atoms. The SMILES string of the molecule is CCN1C(=O)/C(=C\c2c(OC)ccc3ccccc23)SC1=Nc1c(C)cccc1C. The molecular formula is C25H24N2O2S. The second-order valence-corrected chi connectivity index (χ2v) is 8.21. The first-order valence-corrected chi connectivity index (χ1v) is 10.8. The van der Waals surface area contributed by atoms with Crippen LogP contribution < -0.4 is 4.74 Å². The molecule has 0 radical (unpaired) electrons. The Morgan fingerprint density at radius 3 is 2.47 bits per heavy atom. The fraction of sp³-hybridized carbons (Fsp3) is 0.200. The van der Waals surface area contributed by atoms with Crippen molar-refractivity contribution >= 4 is 45.4 Å². The van der Waals surface area contributed by atoms with Gasteiger partial charge >= 0.3 is 0 Å². The Kier molecular flexibility index (Phi) is 5.64. The molecular weight excluding hydrogens is 392 g/mol. The summed E-state index contributed by atoms with van der Waals surface area (Å²) in [5.41, 5.74) is 4.03. The molecule has 4 nitrogen and oxygen atoms in total. The monoisotopic (exact) mass is 416 g/mol. The van der Waals surface area contributed by atoms with Crippen molar-refractivity contribution in [2.45, 2.75) is 20.8 Å². The van der Waals surface area contributed by atoms with Gasteiger partial charge in [0.2, 0.25) is 0 Å². The molecule has 1 fully saturated rings. The van der Waals surface area contributed by atoms with Gasteiger partial charge in [0.05, 0.1) is 17.7 Å². The second kappa shape index (κ2) is 8.36. The summed E-state index contributed by atoms with van der Waals surface area (Å²) in [5, 5.41) is 2.88. The number of nitrogens with zero attached hydrogens (tertiary/aromatic N) is 2. The van der Waals surface area contributed by atoms with Crippen LogP contribution in [0.2, 0.25) is 0 Å². The van der Waals surface area contributed by atoms with Crippen LogP contribution in [0.1, 0.15) is 23.6 Å². The fourth-order valence-corrected chi connectivity index (χ4v) is 4.71. The lowest BCUT2D eigenvalue weighted by Gasteiger charge is -2.13. The maximum absolute atomic E-state index is 13.2. The van der Waals surface area contributed by atoms with Crippen molar-refractivity contribution in [1.82, 2.24) is 4.90 Å². The van der Waals surface area contributed by atoms with Crippen molar-refractivity contribution in [3.8, 4) is 5.75 Å². The van der Waals surface area contributed by atoms with Crippen molar-refractivity contribution in [1.29, 1.82) is 0 Å². The quantitative estimate of drug-likeness (QED) is 0.483. The number of fused-ring (bicyclic) bond motifs is 1. The van der Waals surface area contributed by atoms with E-state index in [-0.39, 0.29) is 5.91 Å². The van der Waals surface area contributed by atoms with Crippen LogP contribution in [0.5, 0.6) is 5.75 Å². The molecule has 3 aromatic rings. The molecule has 152 valence electrons. The Bertz CT molecular complexity index is 1180. The normalized spacial score (nSPS) is 16.8. The van der Waals surface area contributed by atoms with Gasteiger partial charge in [-0.05, 0) is 66.6 Å². The van der Waals surface area contributed by atoms with Crippen molar-refractivity contribution < 1.29 is 9.53 Å². The first kappa shape index (κ1) is 20.2. The van der Waals surface area contributed by atoms with Crippen LogP contribution in [0.25, 0.3) is 16.8 Å². The highest BCUT2D eigenvalue weighted by molar-refractivity contribution is 8.18. The lowest BCUT2D eigenvalue weighted by atomic mass is 10.0. The van der Waals surface area contributed by atoms with Crippen LogP contribution in [0.3, 0.4) is 0 Å². The van der Waals surface area contributed by atoms with Gasteiger partial charge in [0.1, 0.15) is 5.75 Å². The number of para-hydroxylation sites is 1. The highest BCUT2D eigenvalue weighted by atomic mass is 32.2. The van der Waals surface area contributed by atoms with Gasteiger partial charge in [-0.25, -0.2) is 4.99 Å². The summed E-state index contributed by atoms with van der Waals surface area (Å²) in [6.07, 6.45) is 1.93. The first-order chi connectivity index (χ1) is 14.5. The average molecular weight is 417 g/mol. The lowest BCUT2D eigenvalue weighted by molar-refractivity contribution is -0.122. The number of ether oxygens (including phenoxy) is 1. The molecule has 0 spiro atoms. The lowest BCUT2D eigenvalue weighted by Crippen LogP contribution is -2.28. The molecule has 5 heteroatoms. The Labute approximate surface area is 181 Å². The topological polar surface area (TPSA) is 41.9 Å². The van der Waals surface area contributed by atoms with Crippen molar-refractivity contribution in [3.05, 3.63) is 76.2 Å². The van der Waals surface area contributed by atoms with Gasteiger partial charge in [0.15, 0.2) is 5.17 Å². The minimum absolute atomic E-state index is 0.0255. The van der Waals surface area contributed by atoms with Crippen molar-refractivity contribution in [2.24, 2.45) is 4.99 Å². The summed E-state index contributed by atoms with van der Waals surface area (Å²) < 4.78 is 5.60. The number of hydrogen-bond acceptors (Lipinski definition) is 4. The van der Waals surface area contributed by atoms with E-state index in [2.05, 4.69) is 12.1 Å². The van der Waals surface area contributed by atoms with Crippen LogP contribution in [-0.4, -0.2) is 29.6 Å². The van der Waals surface area contributed by atoms with E-state index in [9.17, 15) is 4.79 Å². The third-order valence-electron chi connectivity index (χ3n) is 5.28. The number of carbonyl (C=O) groups is 1. The minimum Gasteiger partial charge on any atom is -0.496 e. The molecule has 1 saturated heterocycles. The van der Waals surface area contributed by atoms with Crippen LogP contribution in [0.4, 0.5) is 5.69 Å². The highest BCUT2D eigenvalue weighted by Gasteiger charge is 2.32. The highest BCUT2D eigenvalue weighted by Crippen LogP contribution is 2.38. The summed E-state index contributed by atoms with van der Waals surface area (Å²) in [5.74, 6) is 0.722. The van der Waals surface area contributed by atoms with Crippen LogP contribution >= 0.6 is 11.8 Å². The molecule has 0 unspecified atom stereocenters. The summed E-state index contributed by atoms with van der Waals surface area (Å²) >= 11 is 1.42. The molecule has 0 aromatic heterocycles. The molecule has 1 aliphatic heterocycles. The Morgan fingerprint density at radius 2 is 1.77 bits per heavy atom. The summed E-state index contributed by atoms with van der Waals surface area (Å²) in [6.45, 7) is 6.63. The number of amidine groups is 1. The third-order valence-corrected chi connectivity index (χ3v) is 6.28. The van der Waals surface area contributed by atoms with E-state index in [1.54, 1.807) is 12.0 Å². The van der Waals surface area contributed by atoms with Crippen LogP contribution in [-0.2, 0) is 4.79 Å². The zero-order valence-electron chi connectivity index (χ0n) is 17.6. The van der Waals surface area contributed by atoms with E-state index in [1.807, 2.05) is 69.3 Å². The number of hydrogen-bond donors (Lipinski definition) is 0. The standard InChI is InChI=1S/C25H24N2O2S/c1-5-27-24(28)22(30-25(27)26-23-16(2)9-8-10-17(23)3)15-20-19-12-7-6-11-18(19)13-14-21(20)29-4/h6-15H,5H2,1-4H3/b22-15+,26-25?. The number of aliphatic imine (C=N–C) groups is 1. The summed E-state index contributed by atoms with van der Waals surface area (Å²) in [4.78, 5) is 20.4. The molecule has 1 aliphatic rings. The average Bonchev–Trinajstić information content (AvgIpc) is 3.05. The third kappa shape index (κ3) is 3.61. The zero-order chi connectivity index (χ0) is 21.3. The van der Waals surface area contributed by atoms with Gasteiger partial charge in [0, 0.05) is 12.1 Å². The van der Waals surface area contributed by atoms with Gasteiger partial charge in [-0.2, -0.15) is 0 Å². The number of carbonyl (C=O) groups excluding carboxylic acids is 1. The zero-order valence-corrected chi connectivity index (χ0v) is 18.4. The Hall–Kier alpha value is -3.05. The number of aryl methyl sites for hydroxylation is 2. The largest absolute Gasteiger partial charge is 0.496 e. The van der Waals surface area contributed by atoms with Gasteiger partial charge in [-0.1, -0.05) is 48.5 Å². The molecule has 0 aliphatic carbocycles. The van der Waals surface area contributed by atoms with E-state index in [4.69, 9.17) is 9.73 Å². The summed E-state index contributed by atoms with van der Waals surface area (Å²) in [6, 6.07) is 18.2. The van der Waals surface area contributed by atoms with Gasteiger partial charge < -0.3 is 4.74 Å². The molecule has 0 atom stereocenters. The molecule has 1 amide bonds. The molecule has 0 bridgehead atoms. The molecule has 1 heterocycles. The van der Waals surface area contributed by atoms with Crippen molar-refractivity contribution in [3.63, 3.8) is 0 Å². The maximum atomic E-state index is 13.2. The number of rotatable bonds is 4. The first-order valence-electron chi connectivity index (χ1n) is 9.95. The Morgan fingerprint density at radius 1 is 1.03 bits per heavy atom. The summed E-state index contributed by atoms with van der Waals surface area (Å²) in [7, 11) is 1.65. The predicted octanol–water partition coefficient (Wildman–Crippen LogP) is 6.09. The fourth-order valence-electron chi connectivity index (χ4n) is 3.68. The molecule has 4 rings (SSSR count). The number of amides is 1. The molecule has 0 saturated carbocycles. The number of thioether (sulfide) groups is 1. The molecule has 3 aromatic carbocycles. The molecule has 0 N–H and O–H groups in total. The Balaban J connectivity index is 1.82. The second-order valence-electron chi connectivity index (χ2n) is 7.20. The van der Waals surface area contributed by atoms with Gasteiger partial charge in [-0.3, -0.25) is 9.69 Å². The van der Waals surface area contributed by atoms with Gasteiger partial charge in [0.25, 0.3) is 5.91 Å². The van der Waals surface area contributed by atoms with Crippen LogP contribution in [0, 0.1) is 13.8 Å².